The molecule has 0 spiro atoms. The molecule has 1 heterocycles. The first kappa shape index (κ1) is 19.3. The van der Waals surface area contributed by atoms with E-state index in [-0.39, 0.29) is 18.4 Å². The molecule has 1 N–H and O–H groups in total. The highest BCUT2D eigenvalue weighted by atomic mass is 35.5. The van der Waals surface area contributed by atoms with E-state index in [9.17, 15) is 9.36 Å². The van der Waals surface area contributed by atoms with Gasteiger partial charge in [0.2, 0.25) is 5.91 Å². The lowest BCUT2D eigenvalue weighted by molar-refractivity contribution is -0.114. The van der Waals surface area contributed by atoms with E-state index in [1.165, 1.54) is 11.3 Å². The van der Waals surface area contributed by atoms with Crippen molar-refractivity contribution in [3.05, 3.63) is 23.2 Å². The van der Waals surface area contributed by atoms with Crippen LogP contribution in [0, 0.1) is 0 Å². The Morgan fingerprint density at radius 1 is 1.29 bits per heavy atom. The standard InChI is InChI=1S/C15H20ClN2O4PS/c1-9(2)21-23(20,22-10(3)4)8-14(19)18-15-17-12-6-5-11(16)7-13(12)24-15/h5-7,9-10H,8H2,1-4H3,(H,17,18,19). The average Bonchev–Trinajstić information content (AvgIpc) is 2.76. The number of carbonyl (C=O) groups excluding carboxylic acids is 1. The fraction of sp³-hybridized carbons (Fsp3) is 0.467. The summed E-state index contributed by atoms with van der Waals surface area (Å²) in [5.74, 6) is -0.468. The maximum absolute atomic E-state index is 12.7. The number of rotatable bonds is 7. The second-order valence-corrected chi connectivity index (χ2v) is 9.18. The van der Waals surface area contributed by atoms with Crippen LogP contribution in [0.25, 0.3) is 10.2 Å². The Balaban J connectivity index is 2.10. The zero-order valence-electron chi connectivity index (χ0n) is 13.9. The number of nitrogens with one attached hydrogen (secondary N) is 1. The molecule has 132 valence electrons. The molecule has 1 amide bonds. The molecule has 1 aromatic carbocycles. The number of anilines is 1. The van der Waals surface area contributed by atoms with Crippen LogP contribution in [0.1, 0.15) is 27.7 Å². The summed E-state index contributed by atoms with van der Waals surface area (Å²) >= 11 is 7.23. The minimum absolute atomic E-state index is 0.313. The first-order chi connectivity index (χ1) is 11.2. The smallest absolute Gasteiger partial charge is 0.305 e. The zero-order chi connectivity index (χ0) is 17.9. The largest absolute Gasteiger partial charge is 0.340 e. The van der Waals surface area contributed by atoms with Gasteiger partial charge in [0.05, 0.1) is 22.4 Å². The molecule has 24 heavy (non-hydrogen) atoms. The highest BCUT2D eigenvalue weighted by molar-refractivity contribution is 7.55. The molecule has 1 aromatic heterocycles. The van der Waals surface area contributed by atoms with Crippen LogP contribution in [-0.2, 0) is 18.4 Å². The predicted molar refractivity (Wildman–Crippen MR) is 98.2 cm³/mol. The molecule has 0 aliphatic carbocycles. The minimum Gasteiger partial charge on any atom is -0.305 e. The summed E-state index contributed by atoms with van der Waals surface area (Å²) < 4.78 is 24.3. The number of nitrogens with zero attached hydrogens (tertiary/aromatic N) is 1. The third-order valence-electron chi connectivity index (χ3n) is 2.68. The summed E-state index contributed by atoms with van der Waals surface area (Å²) in [5, 5.41) is 3.66. The van der Waals surface area contributed by atoms with Crippen LogP contribution in [0.5, 0.6) is 0 Å². The molecule has 0 unspecified atom stereocenters. The van der Waals surface area contributed by atoms with Crippen LogP contribution in [0.3, 0.4) is 0 Å². The third-order valence-corrected chi connectivity index (χ3v) is 6.01. The van der Waals surface area contributed by atoms with Gasteiger partial charge in [-0.25, -0.2) is 4.98 Å². The van der Waals surface area contributed by atoms with Crippen molar-refractivity contribution in [3.63, 3.8) is 0 Å². The molecule has 0 saturated heterocycles. The summed E-state index contributed by atoms with van der Waals surface area (Å²) in [7, 11) is -3.52. The van der Waals surface area contributed by atoms with E-state index in [0.29, 0.717) is 10.2 Å². The Kier molecular flexibility index (Phi) is 6.39. The molecule has 2 aromatic rings. The fourth-order valence-electron chi connectivity index (χ4n) is 2.03. The van der Waals surface area contributed by atoms with Gasteiger partial charge in [0.1, 0.15) is 6.16 Å². The molecule has 6 nitrogen and oxygen atoms in total. The minimum atomic E-state index is -3.52. The lowest BCUT2D eigenvalue weighted by Crippen LogP contribution is -2.20. The van der Waals surface area contributed by atoms with Crippen molar-refractivity contribution in [2.75, 3.05) is 11.5 Å². The lowest BCUT2D eigenvalue weighted by atomic mass is 10.3. The second kappa shape index (κ2) is 7.93. The summed E-state index contributed by atoms with van der Waals surface area (Å²) in [6.45, 7) is 6.97. The van der Waals surface area contributed by atoms with Crippen LogP contribution >= 0.6 is 30.5 Å². The molecule has 0 aliphatic heterocycles. The van der Waals surface area contributed by atoms with Crippen LogP contribution in [0.4, 0.5) is 5.13 Å². The Bertz CT molecular complexity index is 764. The third kappa shape index (κ3) is 5.53. The topological polar surface area (TPSA) is 77.5 Å². The van der Waals surface area contributed by atoms with Crippen molar-refractivity contribution in [2.24, 2.45) is 0 Å². The fourth-order valence-corrected chi connectivity index (χ4v) is 5.10. The number of hydrogen-bond acceptors (Lipinski definition) is 6. The molecule has 0 saturated carbocycles. The number of hydrogen-bond donors (Lipinski definition) is 1. The Hall–Kier alpha value is -0.980. The van der Waals surface area contributed by atoms with Crippen LogP contribution in [-0.4, -0.2) is 29.3 Å². The van der Waals surface area contributed by atoms with Gasteiger partial charge in [-0.3, -0.25) is 9.36 Å². The molecular weight excluding hydrogens is 371 g/mol. The first-order valence-electron chi connectivity index (χ1n) is 7.48. The molecular formula is C15H20ClN2O4PS. The van der Waals surface area contributed by atoms with E-state index in [4.69, 9.17) is 20.6 Å². The van der Waals surface area contributed by atoms with Gasteiger partial charge in [0.15, 0.2) is 5.13 Å². The average molecular weight is 391 g/mol. The normalized spacial score (nSPS) is 12.3. The van der Waals surface area contributed by atoms with Gasteiger partial charge in [-0.1, -0.05) is 22.9 Å². The van der Waals surface area contributed by atoms with Crippen molar-refractivity contribution < 1.29 is 18.4 Å². The molecule has 9 heteroatoms. The monoisotopic (exact) mass is 390 g/mol. The Morgan fingerprint density at radius 2 is 1.92 bits per heavy atom. The Labute approximate surface area is 150 Å². The summed E-state index contributed by atoms with van der Waals surface area (Å²) in [5.41, 5.74) is 0.736. The number of aromatic nitrogens is 1. The summed E-state index contributed by atoms with van der Waals surface area (Å²) in [4.78, 5) is 16.5. The van der Waals surface area contributed by atoms with E-state index in [2.05, 4.69) is 10.3 Å². The maximum Gasteiger partial charge on any atom is 0.340 e. The van der Waals surface area contributed by atoms with Crippen molar-refractivity contribution >= 4 is 51.8 Å². The van der Waals surface area contributed by atoms with Crippen LogP contribution in [0.15, 0.2) is 18.2 Å². The van der Waals surface area contributed by atoms with Crippen molar-refractivity contribution in [2.45, 2.75) is 39.9 Å². The molecule has 0 aliphatic rings. The van der Waals surface area contributed by atoms with Gasteiger partial charge in [0, 0.05) is 5.02 Å². The van der Waals surface area contributed by atoms with Gasteiger partial charge in [0.25, 0.3) is 0 Å². The SMILES string of the molecule is CC(C)OP(=O)(CC(=O)Nc1nc2ccc(Cl)cc2s1)OC(C)C. The van der Waals surface area contributed by atoms with Gasteiger partial charge < -0.3 is 14.4 Å². The van der Waals surface area contributed by atoms with E-state index >= 15 is 0 Å². The Morgan fingerprint density at radius 3 is 2.50 bits per heavy atom. The second-order valence-electron chi connectivity index (χ2n) is 5.76. The molecule has 2 rings (SSSR count). The van der Waals surface area contributed by atoms with Gasteiger partial charge in [-0.2, -0.15) is 0 Å². The highest BCUT2D eigenvalue weighted by Gasteiger charge is 2.31. The van der Waals surface area contributed by atoms with Crippen molar-refractivity contribution in [1.82, 2.24) is 4.98 Å². The van der Waals surface area contributed by atoms with Crippen molar-refractivity contribution in [3.8, 4) is 0 Å². The number of thiazole rings is 1. The summed E-state index contributed by atoms with van der Waals surface area (Å²) in [6, 6.07) is 5.29. The molecule has 0 radical (unpaired) electrons. The van der Waals surface area contributed by atoms with E-state index in [0.717, 1.165) is 10.2 Å². The van der Waals surface area contributed by atoms with Gasteiger partial charge >= 0.3 is 7.60 Å². The number of halogens is 1. The number of carbonyl (C=O) groups is 1. The lowest BCUT2D eigenvalue weighted by Gasteiger charge is -2.22. The van der Waals surface area contributed by atoms with Gasteiger partial charge in [-0.05, 0) is 45.9 Å². The summed E-state index contributed by atoms with van der Waals surface area (Å²) in [6.07, 6.45) is -0.987. The number of benzene rings is 1. The van der Waals surface area contributed by atoms with Crippen molar-refractivity contribution in [1.29, 1.82) is 0 Å². The molecule has 0 atom stereocenters. The maximum atomic E-state index is 12.7. The predicted octanol–water partition coefficient (Wildman–Crippen LogP) is 4.93. The number of amides is 1. The zero-order valence-corrected chi connectivity index (χ0v) is 16.4. The molecule has 0 bridgehead atoms. The van der Waals surface area contributed by atoms with Gasteiger partial charge in [-0.15, -0.1) is 0 Å². The van der Waals surface area contributed by atoms with E-state index < -0.39 is 13.5 Å². The quantitative estimate of drug-likeness (QED) is 0.678. The van der Waals surface area contributed by atoms with Crippen LogP contribution < -0.4 is 5.32 Å². The number of fused-ring (bicyclic) bond motifs is 1. The van der Waals surface area contributed by atoms with E-state index in [1.54, 1.807) is 45.9 Å². The van der Waals surface area contributed by atoms with E-state index in [1.807, 2.05) is 0 Å². The first-order valence-corrected chi connectivity index (χ1v) is 10.4. The molecule has 0 fully saturated rings. The highest BCUT2D eigenvalue weighted by Crippen LogP contribution is 2.50. The van der Waals surface area contributed by atoms with Crippen LogP contribution in [0.2, 0.25) is 5.02 Å².